The van der Waals surface area contributed by atoms with E-state index in [0.29, 0.717) is 10.8 Å². The molecule has 0 bridgehead atoms. The van der Waals surface area contributed by atoms with Crippen LogP contribution in [-0.2, 0) is 9.59 Å². The molecular formula is C20H48O4. The highest BCUT2D eigenvalue weighted by Crippen LogP contribution is 2.17. The fourth-order valence-electron chi connectivity index (χ4n) is 0.454. The molecule has 152 valence electrons. The third-order valence-electron chi connectivity index (χ3n) is 0.682. The first-order chi connectivity index (χ1) is 10.4. The Morgan fingerprint density at radius 1 is 0.708 bits per heavy atom. The lowest BCUT2D eigenvalue weighted by molar-refractivity contribution is -0.139. The molecule has 0 rings (SSSR count). The lowest BCUT2D eigenvalue weighted by Gasteiger charge is -2.13. The normalized spacial score (nSPS) is 9.46. The van der Waals surface area contributed by atoms with Gasteiger partial charge in [-0.2, -0.15) is 0 Å². The number of carbonyl (C=O) groups excluding carboxylic acids is 1. The van der Waals surface area contributed by atoms with E-state index < -0.39 is 5.97 Å². The Bertz CT molecular complexity index is 203. The molecule has 0 spiro atoms. The summed E-state index contributed by atoms with van der Waals surface area (Å²) in [6.07, 6.45) is 0.243. The van der Waals surface area contributed by atoms with Gasteiger partial charge in [0.15, 0.2) is 0 Å². The smallest absolute Gasteiger partial charge is 0.303 e. The van der Waals surface area contributed by atoms with Crippen LogP contribution >= 0.6 is 0 Å². The SMILES string of the molecule is C=O.CC.CC(C)(C)C.CC(C)(C)C.CC(C)(C)CC(=O)O.CO. The van der Waals surface area contributed by atoms with Gasteiger partial charge in [-0.3, -0.25) is 4.79 Å². The second-order valence-corrected chi connectivity index (χ2v) is 9.13. The molecule has 0 atom stereocenters. The van der Waals surface area contributed by atoms with Crippen LogP contribution in [-0.4, -0.2) is 30.1 Å². The van der Waals surface area contributed by atoms with Crippen molar-refractivity contribution in [3.8, 4) is 0 Å². The van der Waals surface area contributed by atoms with E-state index in [1.807, 2.05) is 41.4 Å². The predicted molar refractivity (Wildman–Crippen MR) is 109 cm³/mol. The van der Waals surface area contributed by atoms with Crippen molar-refractivity contribution in [3.63, 3.8) is 0 Å². The molecule has 0 fully saturated rings. The van der Waals surface area contributed by atoms with E-state index >= 15 is 0 Å². The maximum absolute atomic E-state index is 10.0. The standard InChI is InChI=1S/C6H12O2.2C5H12.C2H6.CH4O.CH2O/c1-6(2,3)4-5(7)8;2*1-5(2,3)4;3*1-2/h4H2,1-3H3,(H,7,8);2*1-4H3;1-2H3;2H,1H3;1H2. The minimum absolute atomic E-state index is 0.0775. The third kappa shape index (κ3) is 507. The van der Waals surface area contributed by atoms with Gasteiger partial charge in [-0.05, 0) is 16.2 Å². The molecule has 0 saturated heterocycles. The first kappa shape index (κ1) is 38.6. The first-order valence-electron chi connectivity index (χ1n) is 8.37. The van der Waals surface area contributed by atoms with Crippen LogP contribution in [0.5, 0.6) is 0 Å². The molecular weight excluding hydrogens is 304 g/mol. The van der Waals surface area contributed by atoms with Crippen molar-refractivity contribution >= 4 is 12.8 Å². The number of aliphatic carboxylic acids is 1. The van der Waals surface area contributed by atoms with Crippen molar-refractivity contribution < 1.29 is 19.8 Å². The molecule has 24 heavy (non-hydrogen) atoms. The van der Waals surface area contributed by atoms with Gasteiger partial charge in [0, 0.05) is 7.11 Å². The van der Waals surface area contributed by atoms with Crippen molar-refractivity contribution in [2.24, 2.45) is 16.2 Å². The summed E-state index contributed by atoms with van der Waals surface area (Å²) in [7, 11) is 1.00. The highest BCUT2D eigenvalue weighted by molar-refractivity contribution is 5.67. The second-order valence-electron chi connectivity index (χ2n) is 9.13. The zero-order chi connectivity index (χ0) is 21.8. The van der Waals surface area contributed by atoms with E-state index in [4.69, 9.17) is 15.0 Å². The van der Waals surface area contributed by atoms with Gasteiger partial charge < -0.3 is 15.0 Å². The minimum Gasteiger partial charge on any atom is -0.481 e. The number of carboxylic acid groups (broad SMARTS) is 1. The van der Waals surface area contributed by atoms with Crippen LogP contribution in [0.2, 0.25) is 0 Å². The molecule has 0 saturated carbocycles. The average Bonchev–Trinajstić information content (AvgIpc) is 2.29. The zero-order valence-electron chi connectivity index (χ0n) is 19.1. The minimum atomic E-state index is -0.725. The van der Waals surface area contributed by atoms with Gasteiger partial charge in [-0.15, -0.1) is 0 Å². The summed E-state index contributed by atoms with van der Waals surface area (Å²) in [5.41, 5.74) is 0.922. The van der Waals surface area contributed by atoms with Gasteiger partial charge in [-0.25, -0.2) is 0 Å². The lowest BCUT2D eigenvalue weighted by atomic mass is 9.93. The Balaban J connectivity index is -0.0000000448. The van der Waals surface area contributed by atoms with E-state index in [1.54, 1.807) is 0 Å². The Morgan fingerprint density at radius 3 is 0.833 bits per heavy atom. The molecule has 0 unspecified atom stereocenters. The maximum Gasteiger partial charge on any atom is 0.303 e. The predicted octanol–water partition coefficient (Wildman–Crippen LogP) is 6.06. The summed E-state index contributed by atoms with van der Waals surface area (Å²) < 4.78 is 0. The number of hydrogen-bond acceptors (Lipinski definition) is 3. The topological polar surface area (TPSA) is 74.6 Å². The third-order valence-corrected chi connectivity index (χ3v) is 0.682. The molecule has 0 aromatic heterocycles. The van der Waals surface area contributed by atoms with Crippen molar-refractivity contribution in [3.05, 3.63) is 0 Å². The van der Waals surface area contributed by atoms with Gasteiger partial charge in [0.05, 0.1) is 6.42 Å². The van der Waals surface area contributed by atoms with Gasteiger partial charge >= 0.3 is 5.97 Å². The molecule has 0 aromatic rings. The van der Waals surface area contributed by atoms with Crippen molar-refractivity contribution in [1.82, 2.24) is 0 Å². The Kier molecular flexibility index (Phi) is 35.5. The van der Waals surface area contributed by atoms with Gasteiger partial charge in [0.25, 0.3) is 0 Å². The molecule has 0 aliphatic heterocycles. The Labute approximate surface area is 153 Å². The van der Waals surface area contributed by atoms with Crippen LogP contribution < -0.4 is 0 Å². The van der Waals surface area contributed by atoms with Crippen LogP contribution in [0.1, 0.15) is 96.4 Å². The van der Waals surface area contributed by atoms with Crippen LogP contribution in [0.25, 0.3) is 0 Å². The lowest BCUT2D eigenvalue weighted by Crippen LogP contribution is -2.11. The van der Waals surface area contributed by atoms with Crippen molar-refractivity contribution in [1.29, 1.82) is 0 Å². The highest BCUT2D eigenvalue weighted by atomic mass is 16.4. The molecule has 0 heterocycles. The fourth-order valence-corrected chi connectivity index (χ4v) is 0.454. The summed E-state index contributed by atoms with van der Waals surface area (Å²) in [5.74, 6) is -0.725. The van der Waals surface area contributed by atoms with E-state index in [0.717, 1.165) is 7.11 Å². The van der Waals surface area contributed by atoms with E-state index in [2.05, 4.69) is 55.4 Å². The number of carboxylic acids is 1. The summed E-state index contributed by atoms with van der Waals surface area (Å²) in [6, 6.07) is 0. The molecule has 4 heteroatoms. The molecule has 2 N–H and O–H groups in total. The van der Waals surface area contributed by atoms with Crippen LogP contribution in [0.15, 0.2) is 0 Å². The van der Waals surface area contributed by atoms with Crippen LogP contribution in [0, 0.1) is 16.2 Å². The quantitative estimate of drug-likeness (QED) is 0.601. The van der Waals surface area contributed by atoms with Crippen LogP contribution in [0.4, 0.5) is 0 Å². The molecule has 0 radical (unpaired) electrons. The number of aliphatic hydroxyl groups excluding tert-OH is 1. The molecule has 0 amide bonds. The van der Waals surface area contributed by atoms with Gasteiger partial charge in [0.1, 0.15) is 6.79 Å². The number of carbonyl (C=O) groups is 2. The molecule has 4 nitrogen and oxygen atoms in total. The van der Waals surface area contributed by atoms with Crippen molar-refractivity contribution in [2.45, 2.75) is 96.4 Å². The molecule has 0 aliphatic carbocycles. The number of rotatable bonds is 1. The average molecular weight is 353 g/mol. The Hall–Kier alpha value is -0.900. The van der Waals surface area contributed by atoms with E-state index in [-0.39, 0.29) is 11.8 Å². The monoisotopic (exact) mass is 352 g/mol. The first-order valence-corrected chi connectivity index (χ1v) is 8.37. The summed E-state index contributed by atoms with van der Waals surface area (Å²) in [4.78, 5) is 18.0. The fraction of sp³-hybridized carbons (Fsp3) is 0.900. The number of aliphatic hydroxyl groups is 1. The molecule has 0 aromatic carbocycles. The number of hydrogen-bond donors (Lipinski definition) is 2. The summed E-state index contributed by atoms with van der Waals surface area (Å²) >= 11 is 0. The maximum atomic E-state index is 10.0. The van der Waals surface area contributed by atoms with Gasteiger partial charge in [-0.1, -0.05) is 90.0 Å². The largest absolute Gasteiger partial charge is 0.481 e. The summed E-state index contributed by atoms with van der Waals surface area (Å²) in [6.45, 7) is 29.2. The Morgan fingerprint density at radius 2 is 0.833 bits per heavy atom. The summed E-state index contributed by atoms with van der Waals surface area (Å²) in [5, 5.41) is 15.2. The zero-order valence-corrected chi connectivity index (χ0v) is 19.1. The van der Waals surface area contributed by atoms with E-state index in [1.165, 1.54) is 0 Å². The van der Waals surface area contributed by atoms with Crippen LogP contribution in [0.3, 0.4) is 0 Å². The van der Waals surface area contributed by atoms with Crippen molar-refractivity contribution in [2.75, 3.05) is 7.11 Å². The molecule has 0 aliphatic rings. The second kappa shape index (κ2) is 22.1. The highest BCUT2D eigenvalue weighted by Gasteiger charge is 2.13. The van der Waals surface area contributed by atoms with E-state index in [9.17, 15) is 4.79 Å². The van der Waals surface area contributed by atoms with Gasteiger partial charge in [0.2, 0.25) is 0 Å².